The SMILES string of the molecule is CN(CC(O)C(O)CO)C(=O)C1=C[N+](C)(CC(O)C(O)CO)C(C(N)=O)C=N1. The van der Waals surface area contributed by atoms with Gasteiger partial charge in [-0.25, -0.2) is 4.99 Å². The number of hydrogen-bond donors (Lipinski definition) is 7. The zero-order chi connectivity index (χ0) is 21.6. The van der Waals surface area contributed by atoms with E-state index in [2.05, 4.69) is 4.99 Å². The molecule has 0 aromatic rings. The molecule has 28 heavy (non-hydrogen) atoms. The summed E-state index contributed by atoms with van der Waals surface area (Å²) in [6, 6.07) is -1.02. The molecule has 0 fully saturated rings. The maximum Gasteiger partial charge on any atom is 0.282 e. The monoisotopic (exact) mass is 405 g/mol. The maximum absolute atomic E-state index is 12.6. The number of likely N-dealkylation sites (N-methyl/N-ethyl adjacent to an activating group) is 2. The fraction of sp³-hybridized carbons (Fsp3) is 0.688. The fourth-order valence-electron chi connectivity index (χ4n) is 2.79. The lowest BCUT2D eigenvalue weighted by molar-refractivity contribution is -0.869. The molecule has 12 nitrogen and oxygen atoms in total. The first-order valence-electron chi connectivity index (χ1n) is 8.57. The number of aliphatic imine (C=N–C) groups is 1. The molecule has 8 N–H and O–H groups in total. The molecule has 0 saturated carbocycles. The number of nitrogens with two attached hydrogens (primary N) is 1. The molecule has 0 aromatic carbocycles. The minimum absolute atomic E-state index is 0.112. The maximum atomic E-state index is 12.6. The number of rotatable bonds is 10. The summed E-state index contributed by atoms with van der Waals surface area (Å²) in [5, 5.41) is 56.6. The van der Waals surface area contributed by atoms with Gasteiger partial charge in [0.15, 0.2) is 5.70 Å². The molecule has 1 rings (SSSR count). The molecule has 1 aliphatic rings. The smallest absolute Gasteiger partial charge is 0.282 e. The number of aliphatic hydroxyl groups excluding tert-OH is 6. The van der Waals surface area contributed by atoms with Gasteiger partial charge in [0.1, 0.15) is 31.1 Å². The molecule has 0 aliphatic carbocycles. The predicted octanol–water partition coefficient (Wildman–Crippen LogP) is -4.90. The highest BCUT2D eigenvalue weighted by atomic mass is 16.4. The van der Waals surface area contributed by atoms with Gasteiger partial charge < -0.3 is 41.3 Å². The molecular formula is C16H29N4O8+. The van der Waals surface area contributed by atoms with Gasteiger partial charge in [0.25, 0.3) is 11.8 Å². The van der Waals surface area contributed by atoms with Crippen molar-refractivity contribution in [1.82, 2.24) is 4.90 Å². The molecule has 0 spiro atoms. The van der Waals surface area contributed by atoms with E-state index in [0.717, 1.165) is 11.1 Å². The second-order valence-corrected chi connectivity index (χ2v) is 6.99. The van der Waals surface area contributed by atoms with Crippen LogP contribution in [0.25, 0.3) is 0 Å². The summed E-state index contributed by atoms with van der Waals surface area (Å²) in [6.45, 7) is -1.90. The summed E-state index contributed by atoms with van der Waals surface area (Å²) in [7, 11) is 2.84. The van der Waals surface area contributed by atoms with Crippen LogP contribution in [-0.4, -0.2) is 129 Å². The van der Waals surface area contributed by atoms with Gasteiger partial charge in [-0.2, -0.15) is 0 Å². The van der Waals surface area contributed by atoms with Crippen molar-refractivity contribution in [2.45, 2.75) is 30.5 Å². The van der Waals surface area contributed by atoms with Crippen LogP contribution in [0.4, 0.5) is 0 Å². The zero-order valence-electron chi connectivity index (χ0n) is 15.8. The number of hydrogen-bond acceptors (Lipinski definition) is 9. The van der Waals surface area contributed by atoms with Gasteiger partial charge in [-0.1, -0.05) is 0 Å². The number of amides is 2. The Morgan fingerprint density at radius 1 is 1.14 bits per heavy atom. The molecule has 2 amide bonds. The Hall–Kier alpha value is -1.93. The van der Waals surface area contributed by atoms with Gasteiger partial charge >= 0.3 is 0 Å². The minimum atomic E-state index is -1.45. The quantitative estimate of drug-likeness (QED) is 0.175. The van der Waals surface area contributed by atoms with Crippen molar-refractivity contribution in [1.29, 1.82) is 0 Å². The van der Waals surface area contributed by atoms with E-state index < -0.39 is 55.5 Å². The first-order chi connectivity index (χ1) is 13.0. The zero-order valence-corrected chi connectivity index (χ0v) is 15.8. The molecule has 160 valence electrons. The van der Waals surface area contributed by atoms with Crippen LogP contribution < -0.4 is 5.73 Å². The van der Waals surface area contributed by atoms with E-state index in [1.807, 2.05) is 0 Å². The molecule has 6 unspecified atom stereocenters. The molecule has 0 radical (unpaired) electrons. The molecule has 0 aromatic heterocycles. The molecule has 0 saturated heterocycles. The van der Waals surface area contributed by atoms with Gasteiger partial charge in [0.05, 0.1) is 32.6 Å². The van der Waals surface area contributed by atoms with Crippen LogP contribution in [0.2, 0.25) is 0 Å². The van der Waals surface area contributed by atoms with E-state index in [1.54, 1.807) is 0 Å². The van der Waals surface area contributed by atoms with E-state index in [9.17, 15) is 30.0 Å². The number of primary amides is 1. The first-order valence-corrected chi connectivity index (χ1v) is 8.57. The van der Waals surface area contributed by atoms with E-state index in [0.29, 0.717) is 0 Å². The lowest BCUT2D eigenvalue weighted by Crippen LogP contribution is -2.61. The van der Waals surface area contributed by atoms with E-state index >= 15 is 0 Å². The Balaban J connectivity index is 3.07. The van der Waals surface area contributed by atoms with Crippen molar-refractivity contribution in [2.75, 3.05) is 40.4 Å². The van der Waals surface area contributed by atoms with Crippen LogP contribution >= 0.6 is 0 Å². The van der Waals surface area contributed by atoms with E-state index in [-0.39, 0.29) is 23.3 Å². The largest absolute Gasteiger partial charge is 0.394 e. The summed E-state index contributed by atoms with van der Waals surface area (Å²) >= 11 is 0. The number of carbonyl (C=O) groups is 2. The van der Waals surface area contributed by atoms with Crippen LogP contribution in [0.1, 0.15) is 0 Å². The third kappa shape index (κ3) is 5.78. The van der Waals surface area contributed by atoms with Gasteiger partial charge in [-0.15, -0.1) is 0 Å². The molecule has 6 atom stereocenters. The number of carbonyl (C=O) groups excluding carboxylic acids is 2. The average molecular weight is 405 g/mol. The molecular weight excluding hydrogens is 376 g/mol. The van der Waals surface area contributed by atoms with E-state index in [1.165, 1.54) is 20.3 Å². The van der Waals surface area contributed by atoms with Crippen molar-refractivity contribution < 1.29 is 44.7 Å². The Morgan fingerprint density at radius 2 is 1.68 bits per heavy atom. The molecule has 1 aliphatic heterocycles. The van der Waals surface area contributed by atoms with Crippen LogP contribution in [0.15, 0.2) is 16.9 Å². The summed E-state index contributed by atoms with van der Waals surface area (Å²) in [5.74, 6) is -1.42. The average Bonchev–Trinajstić information content (AvgIpc) is 2.64. The molecule has 12 heteroatoms. The van der Waals surface area contributed by atoms with Gasteiger partial charge in [-0.05, 0) is 0 Å². The molecule has 1 heterocycles. The Labute approximate surface area is 162 Å². The highest BCUT2D eigenvalue weighted by Gasteiger charge is 2.42. The Kier molecular flexibility index (Phi) is 8.63. The lowest BCUT2D eigenvalue weighted by Gasteiger charge is -2.39. The van der Waals surface area contributed by atoms with Crippen molar-refractivity contribution in [2.24, 2.45) is 10.7 Å². The van der Waals surface area contributed by atoms with Crippen molar-refractivity contribution >= 4 is 18.0 Å². The molecule has 0 bridgehead atoms. The second kappa shape index (κ2) is 10.0. The van der Waals surface area contributed by atoms with Crippen molar-refractivity contribution in [3.05, 3.63) is 11.9 Å². The van der Waals surface area contributed by atoms with Crippen LogP contribution in [-0.2, 0) is 9.59 Å². The predicted molar refractivity (Wildman–Crippen MR) is 96.4 cm³/mol. The Bertz CT molecular complexity index is 628. The third-order valence-corrected chi connectivity index (χ3v) is 4.57. The van der Waals surface area contributed by atoms with Gasteiger partial charge in [0, 0.05) is 13.6 Å². The normalized spacial score (nSPS) is 26.1. The minimum Gasteiger partial charge on any atom is -0.394 e. The van der Waals surface area contributed by atoms with E-state index in [4.69, 9.17) is 15.9 Å². The summed E-state index contributed by atoms with van der Waals surface area (Å²) < 4.78 is -0.381. The number of nitrogens with zero attached hydrogens (tertiary/aromatic N) is 3. The first kappa shape index (κ1) is 24.1. The van der Waals surface area contributed by atoms with Crippen LogP contribution in [0.5, 0.6) is 0 Å². The standard InChI is InChI=1S/C16H28N4O8/c1-19(4-11(23)13(25)7-21)16(28)9-5-20(2,6-12(24)14(26)8-22)10(3-18-9)15(17)27/h3,5,10-14,21-26H,4,6-8H2,1-2H3,(H-,17,27)/p+1. The third-order valence-electron chi connectivity index (χ3n) is 4.57. The summed E-state index contributed by atoms with van der Waals surface area (Å²) in [5.41, 5.74) is 5.26. The lowest BCUT2D eigenvalue weighted by atomic mass is 10.1. The summed E-state index contributed by atoms with van der Waals surface area (Å²) in [4.78, 5) is 29.4. The number of quaternary nitrogens is 1. The van der Waals surface area contributed by atoms with Crippen LogP contribution in [0, 0.1) is 0 Å². The van der Waals surface area contributed by atoms with Crippen molar-refractivity contribution in [3.8, 4) is 0 Å². The number of aliphatic hydroxyl groups is 6. The fourth-order valence-corrected chi connectivity index (χ4v) is 2.79. The summed E-state index contributed by atoms with van der Waals surface area (Å²) in [6.07, 6.45) is -3.22. The highest BCUT2D eigenvalue weighted by molar-refractivity contribution is 6.00. The Morgan fingerprint density at radius 3 is 2.18 bits per heavy atom. The van der Waals surface area contributed by atoms with Crippen LogP contribution in [0.3, 0.4) is 0 Å². The van der Waals surface area contributed by atoms with Crippen molar-refractivity contribution in [3.63, 3.8) is 0 Å². The topological polar surface area (TPSA) is 197 Å². The van der Waals surface area contributed by atoms with Gasteiger partial charge in [-0.3, -0.25) is 14.1 Å². The van der Waals surface area contributed by atoms with Gasteiger partial charge in [0.2, 0.25) is 6.04 Å². The highest BCUT2D eigenvalue weighted by Crippen LogP contribution is 2.21. The second-order valence-electron chi connectivity index (χ2n) is 6.99.